The molecule has 2 aromatic rings. The zero-order chi connectivity index (χ0) is 21.7. The van der Waals surface area contributed by atoms with Gasteiger partial charge in [0.1, 0.15) is 11.9 Å². The van der Waals surface area contributed by atoms with Crippen molar-refractivity contribution in [2.24, 2.45) is 5.73 Å². The Balaban J connectivity index is 1.85. The second-order valence-electron chi connectivity index (χ2n) is 7.69. The van der Waals surface area contributed by atoms with Gasteiger partial charge in [-0.25, -0.2) is 8.42 Å². The topological polar surface area (TPSA) is 116 Å². The molecule has 2 aromatic carbocycles. The molecule has 1 atom stereocenters. The molecule has 0 radical (unpaired) electrons. The van der Waals surface area contributed by atoms with Gasteiger partial charge < -0.3 is 10.6 Å². The normalized spacial score (nSPS) is 15.6. The first-order valence-corrected chi connectivity index (χ1v) is 11.6. The molecule has 1 heterocycles. The summed E-state index contributed by atoms with van der Waals surface area (Å²) >= 11 is 0. The number of nitrogens with zero attached hydrogens (tertiary/aromatic N) is 1. The van der Waals surface area contributed by atoms with E-state index < -0.39 is 16.1 Å². The van der Waals surface area contributed by atoms with Gasteiger partial charge in [-0.05, 0) is 50.3 Å². The molecule has 7 nitrogen and oxygen atoms in total. The summed E-state index contributed by atoms with van der Waals surface area (Å²) in [7, 11) is -3.85. The standard InChI is InChI=1S/C22H28N4O3S/c1-16-5-11-19(12-6-16)30(28,29)25-20(22(27)26-13-3-2-4-14-26)15-17-7-9-18(10-8-17)21(23)24/h5-12,20,25H,2-4,13-15H2,1H3,(H3,23,24)/t20-/m0/s1. The van der Waals surface area contributed by atoms with Crippen LogP contribution in [-0.4, -0.2) is 44.2 Å². The van der Waals surface area contributed by atoms with Crippen molar-refractivity contribution in [3.05, 3.63) is 65.2 Å². The molecule has 1 aliphatic heterocycles. The van der Waals surface area contributed by atoms with Crippen molar-refractivity contribution in [1.29, 1.82) is 5.41 Å². The van der Waals surface area contributed by atoms with Crippen LogP contribution in [0.15, 0.2) is 53.4 Å². The third kappa shape index (κ3) is 5.46. The average Bonchev–Trinajstić information content (AvgIpc) is 2.74. The van der Waals surface area contributed by atoms with Crippen LogP contribution in [-0.2, 0) is 21.2 Å². The molecule has 1 aliphatic rings. The number of carbonyl (C=O) groups is 1. The lowest BCUT2D eigenvalue weighted by Gasteiger charge is -2.30. The van der Waals surface area contributed by atoms with E-state index in [9.17, 15) is 13.2 Å². The van der Waals surface area contributed by atoms with Gasteiger partial charge in [-0.2, -0.15) is 4.72 Å². The number of amides is 1. The number of nitrogens with one attached hydrogen (secondary N) is 2. The van der Waals surface area contributed by atoms with Crippen LogP contribution >= 0.6 is 0 Å². The molecular formula is C22H28N4O3S. The maximum atomic E-state index is 13.2. The molecule has 4 N–H and O–H groups in total. The summed E-state index contributed by atoms with van der Waals surface area (Å²) in [6.07, 6.45) is 3.15. The van der Waals surface area contributed by atoms with Crippen LogP contribution in [0.2, 0.25) is 0 Å². The van der Waals surface area contributed by atoms with E-state index in [-0.39, 0.29) is 23.1 Å². The molecule has 0 unspecified atom stereocenters. The number of carbonyl (C=O) groups excluding carboxylic acids is 1. The van der Waals surface area contributed by atoms with Crippen molar-refractivity contribution in [3.63, 3.8) is 0 Å². The summed E-state index contributed by atoms with van der Waals surface area (Å²) in [4.78, 5) is 15.1. The van der Waals surface area contributed by atoms with E-state index in [1.54, 1.807) is 53.4 Å². The van der Waals surface area contributed by atoms with Crippen molar-refractivity contribution in [3.8, 4) is 0 Å². The van der Waals surface area contributed by atoms with E-state index in [0.717, 1.165) is 30.4 Å². The summed E-state index contributed by atoms with van der Waals surface area (Å²) in [5.41, 5.74) is 7.83. The van der Waals surface area contributed by atoms with Gasteiger partial charge >= 0.3 is 0 Å². The van der Waals surface area contributed by atoms with Crippen LogP contribution < -0.4 is 10.5 Å². The third-order valence-corrected chi connectivity index (χ3v) is 6.79. The molecule has 0 saturated carbocycles. The smallest absolute Gasteiger partial charge is 0.241 e. The maximum absolute atomic E-state index is 13.2. The minimum atomic E-state index is -3.85. The van der Waals surface area contributed by atoms with Crippen LogP contribution in [0.4, 0.5) is 0 Å². The Hall–Kier alpha value is -2.71. The second kappa shape index (κ2) is 9.40. The van der Waals surface area contributed by atoms with Gasteiger partial charge in [-0.15, -0.1) is 0 Å². The number of sulfonamides is 1. The Morgan fingerprint density at radius 2 is 1.67 bits per heavy atom. The minimum absolute atomic E-state index is 0.0393. The summed E-state index contributed by atoms with van der Waals surface area (Å²) in [6, 6.07) is 12.6. The molecule has 0 spiro atoms. The second-order valence-corrected chi connectivity index (χ2v) is 9.40. The summed E-state index contributed by atoms with van der Waals surface area (Å²) in [6.45, 7) is 3.17. The highest BCUT2D eigenvalue weighted by molar-refractivity contribution is 7.89. The number of aryl methyl sites for hydroxylation is 1. The lowest BCUT2D eigenvalue weighted by Crippen LogP contribution is -2.50. The number of nitrogen functional groups attached to an aromatic ring is 1. The number of nitrogens with two attached hydrogens (primary N) is 1. The van der Waals surface area contributed by atoms with Gasteiger partial charge in [0.05, 0.1) is 4.90 Å². The minimum Gasteiger partial charge on any atom is -0.384 e. The molecule has 0 aliphatic carbocycles. The molecule has 30 heavy (non-hydrogen) atoms. The summed E-state index contributed by atoms with van der Waals surface area (Å²) in [5, 5.41) is 7.50. The van der Waals surface area contributed by atoms with Gasteiger partial charge in [0.2, 0.25) is 15.9 Å². The predicted molar refractivity (Wildman–Crippen MR) is 117 cm³/mol. The van der Waals surface area contributed by atoms with E-state index in [4.69, 9.17) is 11.1 Å². The highest BCUT2D eigenvalue weighted by Gasteiger charge is 2.30. The average molecular weight is 429 g/mol. The number of hydrogen-bond acceptors (Lipinski definition) is 4. The van der Waals surface area contributed by atoms with Gasteiger partial charge in [0.25, 0.3) is 0 Å². The van der Waals surface area contributed by atoms with Crippen LogP contribution in [0.1, 0.15) is 36.0 Å². The number of likely N-dealkylation sites (tertiary alicyclic amines) is 1. The van der Waals surface area contributed by atoms with Crippen molar-refractivity contribution in [2.75, 3.05) is 13.1 Å². The first-order valence-electron chi connectivity index (χ1n) is 10.1. The fourth-order valence-corrected chi connectivity index (χ4v) is 4.73. The zero-order valence-corrected chi connectivity index (χ0v) is 17.9. The zero-order valence-electron chi connectivity index (χ0n) is 17.1. The first kappa shape index (κ1) is 22.0. The van der Waals surface area contributed by atoms with Crippen LogP contribution in [0.5, 0.6) is 0 Å². The molecule has 3 rings (SSSR count). The molecular weight excluding hydrogens is 400 g/mol. The number of amidine groups is 1. The van der Waals surface area contributed by atoms with E-state index in [1.807, 2.05) is 6.92 Å². The Morgan fingerprint density at radius 1 is 1.07 bits per heavy atom. The van der Waals surface area contributed by atoms with Gasteiger partial charge in [-0.1, -0.05) is 42.0 Å². The highest BCUT2D eigenvalue weighted by Crippen LogP contribution is 2.16. The Bertz CT molecular complexity index is 996. The lowest BCUT2D eigenvalue weighted by molar-refractivity contribution is -0.133. The quantitative estimate of drug-likeness (QED) is 0.463. The molecule has 160 valence electrons. The SMILES string of the molecule is Cc1ccc(S(=O)(=O)N[C@@H](Cc2ccc(C(=N)N)cc2)C(=O)N2CCCCC2)cc1. The van der Waals surface area contributed by atoms with E-state index in [1.165, 1.54) is 0 Å². The Labute approximate surface area is 177 Å². The summed E-state index contributed by atoms with van der Waals surface area (Å²) < 4.78 is 28.5. The van der Waals surface area contributed by atoms with E-state index >= 15 is 0 Å². The highest BCUT2D eigenvalue weighted by atomic mass is 32.2. The van der Waals surface area contributed by atoms with Crippen LogP contribution in [0.3, 0.4) is 0 Å². The number of hydrogen-bond donors (Lipinski definition) is 3. The van der Waals surface area contributed by atoms with Crippen molar-refractivity contribution >= 4 is 21.8 Å². The Morgan fingerprint density at radius 3 is 2.23 bits per heavy atom. The lowest BCUT2D eigenvalue weighted by atomic mass is 10.0. The molecule has 0 bridgehead atoms. The van der Waals surface area contributed by atoms with Gasteiger partial charge in [0, 0.05) is 18.7 Å². The molecule has 8 heteroatoms. The van der Waals surface area contributed by atoms with E-state index in [0.29, 0.717) is 18.7 Å². The number of benzene rings is 2. The largest absolute Gasteiger partial charge is 0.384 e. The molecule has 1 fully saturated rings. The van der Waals surface area contributed by atoms with Crippen LogP contribution in [0.25, 0.3) is 0 Å². The third-order valence-electron chi connectivity index (χ3n) is 5.30. The Kier molecular flexibility index (Phi) is 6.89. The predicted octanol–water partition coefficient (Wildman–Crippen LogP) is 2.18. The molecule has 1 saturated heterocycles. The van der Waals surface area contributed by atoms with Crippen LogP contribution in [0, 0.1) is 12.3 Å². The van der Waals surface area contributed by atoms with Gasteiger partial charge in [0.15, 0.2) is 0 Å². The monoisotopic (exact) mass is 428 g/mol. The van der Waals surface area contributed by atoms with E-state index in [2.05, 4.69) is 4.72 Å². The number of rotatable bonds is 7. The van der Waals surface area contributed by atoms with Crippen molar-refractivity contribution in [2.45, 2.75) is 43.5 Å². The molecule has 0 aromatic heterocycles. The van der Waals surface area contributed by atoms with Gasteiger partial charge in [-0.3, -0.25) is 10.2 Å². The van der Waals surface area contributed by atoms with Crippen molar-refractivity contribution < 1.29 is 13.2 Å². The first-order chi connectivity index (χ1) is 14.3. The van der Waals surface area contributed by atoms with Crippen molar-refractivity contribution in [1.82, 2.24) is 9.62 Å². The maximum Gasteiger partial charge on any atom is 0.241 e. The fourth-order valence-electron chi connectivity index (χ4n) is 3.54. The molecule has 1 amide bonds. The fraction of sp³-hybridized carbons (Fsp3) is 0.364. The number of piperidine rings is 1. The summed E-state index contributed by atoms with van der Waals surface area (Å²) in [5.74, 6) is -0.247.